The van der Waals surface area contributed by atoms with Crippen LogP contribution in [0.25, 0.3) is 11.2 Å². The normalized spacial score (nSPS) is 14.9. The number of hydrogen-bond acceptors (Lipinski definition) is 6. The number of aromatic nitrogens is 4. The summed E-state index contributed by atoms with van der Waals surface area (Å²) >= 11 is 0. The Bertz CT molecular complexity index is 632. The quantitative estimate of drug-likeness (QED) is 0.816. The molecule has 0 radical (unpaired) electrons. The third kappa shape index (κ3) is 2.24. The Morgan fingerprint density at radius 3 is 2.95 bits per heavy atom. The van der Waals surface area contributed by atoms with Gasteiger partial charge in [-0.25, -0.2) is 4.98 Å². The SMILES string of the molecule is CN(CC(=O)N1CCCC1)c1nc(N)nc2nc[nH]c12. The molecule has 8 nitrogen and oxygen atoms in total. The minimum Gasteiger partial charge on any atom is -0.368 e. The maximum absolute atomic E-state index is 12.2. The van der Waals surface area contributed by atoms with E-state index in [0.29, 0.717) is 17.0 Å². The van der Waals surface area contributed by atoms with E-state index >= 15 is 0 Å². The molecule has 1 amide bonds. The molecule has 1 saturated heterocycles. The van der Waals surface area contributed by atoms with E-state index in [1.165, 1.54) is 0 Å². The van der Waals surface area contributed by atoms with E-state index in [1.54, 1.807) is 11.2 Å². The van der Waals surface area contributed by atoms with Crippen molar-refractivity contribution in [1.82, 2.24) is 24.8 Å². The first-order valence-corrected chi connectivity index (χ1v) is 6.60. The highest BCUT2D eigenvalue weighted by atomic mass is 16.2. The molecular formula is C12H17N7O. The zero-order valence-electron chi connectivity index (χ0n) is 11.3. The fourth-order valence-corrected chi connectivity index (χ4v) is 2.45. The third-order valence-corrected chi connectivity index (χ3v) is 3.48. The number of H-pyrrole nitrogens is 1. The summed E-state index contributed by atoms with van der Waals surface area (Å²) in [4.78, 5) is 31.1. The monoisotopic (exact) mass is 275 g/mol. The molecule has 106 valence electrons. The maximum atomic E-state index is 12.2. The van der Waals surface area contributed by atoms with Crippen LogP contribution >= 0.6 is 0 Å². The van der Waals surface area contributed by atoms with Crippen molar-refractivity contribution >= 4 is 28.8 Å². The van der Waals surface area contributed by atoms with Gasteiger partial charge in [0.1, 0.15) is 5.52 Å². The molecule has 3 N–H and O–H groups in total. The van der Waals surface area contributed by atoms with Crippen LogP contribution in [0.1, 0.15) is 12.8 Å². The van der Waals surface area contributed by atoms with Gasteiger partial charge in [0.15, 0.2) is 11.5 Å². The highest BCUT2D eigenvalue weighted by molar-refractivity contribution is 5.88. The minimum atomic E-state index is 0.106. The number of nitrogens with zero attached hydrogens (tertiary/aromatic N) is 5. The number of likely N-dealkylation sites (N-methyl/N-ethyl adjacent to an activating group) is 1. The number of anilines is 2. The van der Waals surface area contributed by atoms with E-state index < -0.39 is 0 Å². The number of rotatable bonds is 3. The molecule has 2 aromatic heterocycles. The molecule has 0 saturated carbocycles. The molecule has 2 aromatic rings. The van der Waals surface area contributed by atoms with Crippen molar-refractivity contribution < 1.29 is 4.79 Å². The van der Waals surface area contributed by atoms with Crippen molar-refractivity contribution in [3.05, 3.63) is 6.33 Å². The van der Waals surface area contributed by atoms with Crippen molar-refractivity contribution in [3.8, 4) is 0 Å². The molecule has 3 rings (SSSR count). The minimum absolute atomic E-state index is 0.106. The molecule has 20 heavy (non-hydrogen) atoms. The van der Waals surface area contributed by atoms with Crippen LogP contribution < -0.4 is 10.6 Å². The van der Waals surface area contributed by atoms with E-state index in [0.717, 1.165) is 25.9 Å². The lowest BCUT2D eigenvalue weighted by molar-refractivity contribution is -0.128. The van der Waals surface area contributed by atoms with Gasteiger partial charge in [-0.2, -0.15) is 9.97 Å². The zero-order valence-corrected chi connectivity index (χ0v) is 11.3. The first-order chi connectivity index (χ1) is 9.65. The lowest BCUT2D eigenvalue weighted by Gasteiger charge is -2.22. The number of nitrogen functional groups attached to an aromatic ring is 1. The number of hydrogen-bond donors (Lipinski definition) is 2. The second kappa shape index (κ2) is 4.95. The second-order valence-corrected chi connectivity index (χ2v) is 4.95. The summed E-state index contributed by atoms with van der Waals surface area (Å²) < 4.78 is 0. The van der Waals surface area contributed by atoms with Crippen LogP contribution in [0.4, 0.5) is 11.8 Å². The van der Waals surface area contributed by atoms with E-state index in [4.69, 9.17) is 5.73 Å². The fraction of sp³-hybridized carbons (Fsp3) is 0.500. The van der Waals surface area contributed by atoms with Crippen molar-refractivity contribution in [1.29, 1.82) is 0 Å². The Hall–Kier alpha value is -2.38. The van der Waals surface area contributed by atoms with Gasteiger partial charge in [0.05, 0.1) is 12.9 Å². The second-order valence-electron chi connectivity index (χ2n) is 4.95. The molecule has 3 heterocycles. The molecule has 0 aliphatic carbocycles. The van der Waals surface area contributed by atoms with Crippen LogP contribution in [0.3, 0.4) is 0 Å². The van der Waals surface area contributed by atoms with Gasteiger partial charge in [0, 0.05) is 20.1 Å². The van der Waals surface area contributed by atoms with Gasteiger partial charge in [0.25, 0.3) is 0 Å². The number of nitrogens with two attached hydrogens (primary N) is 1. The van der Waals surface area contributed by atoms with Gasteiger partial charge in [0.2, 0.25) is 11.9 Å². The largest absolute Gasteiger partial charge is 0.368 e. The zero-order chi connectivity index (χ0) is 14.1. The smallest absolute Gasteiger partial charge is 0.242 e. The average Bonchev–Trinajstić information content (AvgIpc) is 3.08. The van der Waals surface area contributed by atoms with Gasteiger partial charge in [-0.05, 0) is 12.8 Å². The van der Waals surface area contributed by atoms with Gasteiger partial charge in [-0.3, -0.25) is 4.79 Å². The van der Waals surface area contributed by atoms with Gasteiger partial charge in [-0.15, -0.1) is 0 Å². The number of aromatic amines is 1. The molecule has 0 bridgehead atoms. The van der Waals surface area contributed by atoms with Gasteiger partial charge < -0.3 is 20.5 Å². The van der Waals surface area contributed by atoms with Gasteiger partial charge in [-0.1, -0.05) is 0 Å². The Balaban J connectivity index is 1.82. The maximum Gasteiger partial charge on any atom is 0.242 e. The highest BCUT2D eigenvalue weighted by Crippen LogP contribution is 2.20. The highest BCUT2D eigenvalue weighted by Gasteiger charge is 2.21. The average molecular weight is 275 g/mol. The van der Waals surface area contributed by atoms with Gasteiger partial charge >= 0.3 is 0 Å². The molecule has 0 spiro atoms. The Kier molecular flexibility index (Phi) is 3.13. The predicted octanol–water partition coefficient (Wildman–Crippen LogP) is -0.00630. The Morgan fingerprint density at radius 1 is 1.45 bits per heavy atom. The molecule has 0 unspecified atom stereocenters. The number of likely N-dealkylation sites (tertiary alicyclic amines) is 1. The third-order valence-electron chi connectivity index (χ3n) is 3.48. The summed E-state index contributed by atoms with van der Waals surface area (Å²) in [5.74, 6) is 0.854. The van der Waals surface area contributed by atoms with Crippen molar-refractivity contribution in [2.75, 3.05) is 37.3 Å². The topological polar surface area (TPSA) is 104 Å². The van der Waals surface area contributed by atoms with Crippen molar-refractivity contribution in [3.63, 3.8) is 0 Å². The van der Waals surface area contributed by atoms with Crippen LogP contribution in [0, 0.1) is 0 Å². The molecule has 1 fully saturated rings. The molecule has 8 heteroatoms. The molecule has 0 aromatic carbocycles. The Morgan fingerprint density at radius 2 is 2.20 bits per heavy atom. The lowest BCUT2D eigenvalue weighted by Crippen LogP contribution is -2.37. The van der Waals surface area contributed by atoms with Crippen LogP contribution in [-0.2, 0) is 4.79 Å². The van der Waals surface area contributed by atoms with E-state index in [9.17, 15) is 4.79 Å². The van der Waals surface area contributed by atoms with Crippen LogP contribution in [-0.4, -0.2) is 57.4 Å². The van der Waals surface area contributed by atoms with Crippen LogP contribution in [0.2, 0.25) is 0 Å². The summed E-state index contributed by atoms with van der Waals surface area (Å²) in [7, 11) is 1.82. The van der Waals surface area contributed by atoms with E-state index in [1.807, 2.05) is 11.9 Å². The fourth-order valence-electron chi connectivity index (χ4n) is 2.45. The predicted molar refractivity (Wildman–Crippen MR) is 75.2 cm³/mol. The Labute approximate surface area is 116 Å². The molecule has 1 aliphatic rings. The molecular weight excluding hydrogens is 258 g/mol. The van der Waals surface area contributed by atoms with Crippen LogP contribution in [0.15, 0.2) is 6.33 Å². The summed E-state index contributed by atoms with van der Waals surface area (Å²) in [5.41, 5.74) is 6.87. The number of imidazole rings is 1. The lowest BCUT2D eigenvalue weighted by atomic mass is 10.4. The number of carbonyl (C=O) groups is 1. The summed E-state index contributed by atoms with van der Waals surface area (Å²) in [5, 5.41) is 0. The molecule has 1 aliphatic heterocycles. The van der Waals surface area contributed by atoms with Crippen LogP contribution in [0.5, 0.6) is 0 Å². The first-order valence-electron chi connectivity index (χ1n) is 6.60. The number of nitrogens with one attached hydrogen (secondary N) is 1. The standard InChI is InChI=1S/C12H17N7O/c1-18(6-8(20)19-4-2-3-5-19)11-9-10(15-7-14-9)16-12(13)17-11/h7H,2-6H2,1H3,(H3,13,14,15,16,17). The first kappa shape index (κ1) is 12.6. The molecule has 0 atom stereocenters. The summed E-state index contributed by atoms with van der Waals surface area (Å²) in [6, 6.07) is 0. The summed E-state index contributed by atoms with van der Waals surface area (Å²) in [6.07, 6.45) is 3.71. The van der Waals surface area contributed by atoms with Crippen molar-refractivity contribution in [2.24, 2.45) is 0 Å². The van der Waals surface area contributed by atoms with Crippen molar-refractivity contribution in [2.45, 2.75) is 12.8 Å². The van der Waals surface area contributed by atoms with E-state index in [-0.39, 0.29) is 18.4 Å². The number of fused-ring (bicyclic) bond motifs is 1. The number of amides is 1. The van der Waals surface area contributed by atoms with E-state index in [2.05, 4.69) is 19.9 Å². The number of carbonyl (C=O) groups excluding carboxylic acids is 1. The summed E-state index contributed by atoms with van der Waals surface area (Å²) in [6.45, 7) is 1.96.